The molecule has 0 aliphatic carbocycles. The summed E-state index contributed by atoms with van der Waals surface area (Å²) in [5, 5.41) is 6.36. The summed E-state index contributed by atoms with van der Waals surface area (Å²) in [4.78, 5) is 12.4. The number of nitrogens with one attached hydrogen (secondary N) is 3. The summed E-state index contributed by atoms with van der Waals surface area (Å²) in [6, 6.07) is 22.2. The van der Waals surface area contributed by atoms with E-state index in [-0.39, 0.29) is 22.1 Å². The zero-order valence-electron chi connectivity index (χ0n) is 16.1. The number of sulfonamides is 1. The molecule has 8 heteroatoms. The molecule has 0 heterocycles. The molecule has 0 fully saturated rings. The lowest BCUT2D eigenvalue weighted by Crippen LogP contribution is -2.26. The maximum atomic E-state index is 12.7. The van der Waals surface area contributed by atoms with Gasteiger partial charge >= 0.3 is 0 Å². The summed E-state index contributed by atoms with van der Waals surface area (Å²) in [6.07, 6.45) is 0.729. The first-order valence-electron chi connectivity index (χ1n) is 9.40. The number of amides is 1. The number of hydrogen-bond acceptors (Lipinski definition) is 4. The van der Waals surface area contributed by atoms with Crippen molar-refractivity contribution in [2.45, 2.75) is 11.3 Å². The summed E-state index contributed by atoms with van der Waals surface area (Å²) >= 11 is 6.03. The smallest absolute Gasteiger partial charge is 0.261 e. The van der Waals surface area contributed by atoms with Gasteiger partial charge in [-0.2, -0.15) is 0 Å². The van der Waals surface area contributed by atoms with Gasteiger partial charge in [-0.15, -0.1) is 0 Å². The van der Waals surface area contributed by atoms with Gasteiger partial charge in [0.2, 0.25) is 0 Å². The van der Waals surface area contributed by atoms with Crippen LogP contribution in [0.3, 0.4) is 0 Å². The van der Waals surface area contributed by atoms with E-state index in [1.54, 1.807) is 30.3 Å². The molecule has 0 aromatic heterocycles. The molecule has 0 aliphatic rings. The quantitative estimate of drug-likeness (QED) is 0.428. The highest BCUT2D eigenvalue weighted by Gasteiger charge is 2.17. The number of anilines is 2. The summed E-state index contributed by atoms with van der Waals surface area (Å²) in [7, 11) is -3.88. The van der Waals surface area contributed by atoms with E-state index >= 15 is 0 Å². The average Bonchev–Trinajstić information content (AvgIpc) is 2.76. The largest absolute Gasteiger partial charge is 0.385 e. The molecular formula is C22H22ClN3O3S. The van der Waals surface area contributed by atoms with Crippen molar-refractivity contribution in [1.29, 1.82) is 0 Å². The third-order valence-electron chi connectivity index (χ3n) is 4.27. The van der Waals surface area contributed by atoms with Gasteiger partial charge < -0.3 is 10.6 Å². The third kappa shape index (κ3) is 5.98. The topological polar surface area (TPSA) is 87.3 Å². The van der Waals surface area contributed by atoms with E-state index in [0.29, 0.717) is 18.1 Å². The van der Waals surface area contributed by atoms with Crippen LogP contribution in [-0.4, -0.2) is 27.4 Å². The fraction of sp³-hybridized carbons (Fsp3) is 0.136. The number of carbonyl (C=O) groups excluding carboxylic acids is 1. The molecule has 0 radical (unpaired) electrons. The van der Waals surface area contributed by atoms with Crippen LogP contribution in [0.2, 0.25) is 5.02 Å². The molecule has 1 amide bonds. The van der Waals surface area contributed by atoms with Crippen LogP contribution in [0.1, 0.15) is 16.8 Å². The van der Waals surface area contributed by atoms with Crippen molar-refractivity contribution in [3.63, 3.8) is 0 Å². The molecule has 0 aliphatic heterocycles. The van der Waals surface area contributed by atoms with Gasteiger partial charge in [0.15, 0.2) is 0 Å². The van der Waals surface area contributed by atoms with Crippen molar-refractivity contribution in [3.8, 4) is 0 Å². The van der Waals surface area contributed by atoms with E-state index in [2.05, 4.69) is 15.4 Å². The van der Waals surface area contributed by atoms with Crippen LogP contribution < -0.4 is 15.4 Å². The lowest BCUT2D eigenvalue weighted by molar-refractivity contribution is 0.0953. The lowest BCUT2D eigenvalue weighted by atomic mass is 10.2. The Balaban J connectivity index is 1.56. The van der Waals surface area contributed by atoms with Crippen molar-refractivity contribution in [3.05, 3.63) is 89.4 Å². The second-order valence-corrected chi connectivity index (χ2v) is 8.61. The van der Waals surface area contributed by atoms with Crippen LogP contribution in [-0.2, 0) is 10.0 Å². The summed E-state index contributed by atoms with van der Waals surface area (Å²) in [6.45, 7) is 1.17. The zero-order valence-corrected chi connectivity index (χ0v) is 17.7. The second-order valence-electron chi connectivity index (χ2n) is 6.52. The Kier molecular flexibility index (Phi) is 7.32. The van der Waals surface area contributed by atoms with Gasteiger partial charge in [0.1, 0.15) is 0 Å². The molecule has 0 bridgehead atoms. The number of halogens is 1. The lowest BCUT2D eigenvalue weighted by Gasteiger charge is -2.11. The zero-order chi connectivity index (χ0) is 21.4. The first-order valence-corrected chi connectivity index (χ1v) is 11.3. The molecule has 156 valence electrons. The van der Waals surface area contributed by atoms with E-state index in [4.69, 9.17) is 11.6 Å². The fourth-order valence-electron chi connectivity index (χ4n) is 2.73. The highest BCUT2D eigenvalue weighted by molar-refractivity contribution is 7.92. The Bertz CT molecular complexity index is 1110. The first kappa shape index (κ1) is 21.7. The molecule has 3 rings (SSSR count). The molecule has 30 heavy (non-hydrogen) atoms. The average molecular weight is 444 g/mol. The Morgan fingerprint density at radius 1 is 0.867 bits per heavy atom. The molecule has 0 unspecified atom stereocenters. The SMILES string of the molecule is O=C(NCCCNc1ccccc1)c1cccc(S(=O)(=O)Nc2ccccc2Cl)c1. The monoisotopic (exact) mass is 443 g/mol. The van der Waals surface area contributed by atoms with E-state index in [1.165, 1.54) is 18.2 Å². The first-order chi connectivity index (χ1) is 14.5. The van der Waals surface area contributed by atoms with Gasteiger partial charge in [-0.05, 0) is 48.9 Å². The van der Waals surface area contributed by atoms with Crippen LogP contribution in [0.15, 0.2) is 83.8 Å². The van der Waals surface area contributed by atoms with E-state index < -0.39 is 10.0 Å². The van der Waals surface area contributed by atoms with Gasteiger partial charge in [-0.3, -0.25) is 9.52 Å². The van der Waals surface area contributed by atoms with Crippen LogP contribution >= 0.6 is 11.6 Å². The Morgan fingerprint density at radius 2 is 1.60 bits per heavy atom. The van der Waals surface area contributed by atoms with E-state index in [0.717, 1.165) is 12.1 Å². The molecule has 3 aromatic rings. The molecular weight excluding hydrogens is 422 g/mol. The summed E-state index contributed by atoms with van der Waals surface area (Å²) < 4.78 is 27.8. The minimum Gasteiger partial charge on any atom is -0.385 e. The van der Waals surface area contributed by atoms with Crippen LogP contribution in [0.25, 0.3) is 0 Å². The van der Waals surface area contributed by atoms with Crippen LogP contribution in [0.5, 0.6) is 0 Å². The fourth-order valence-corrected chi connectivity index (χ4v) is 4.10. The molecule has 0 saturated carbocycles. The van der Waals surface area contributed by atoms with Crippen molar-refractivity contribution in [2.24, 2.45) is 0 Å². The molecule has 0 saturated heterocycles. The molecule has 6 nitrogen and oxygen atoms in total. The Labute approximate surface area is 181 Å². The number of rotatable bonds is 9. The van der Waals surface area contributed by atoms with Crippen LogP contribution in [0.4, 0.5) is 11.4 Å². The highest BCUT2D eigenvalue weighted by atomic mass is 35.5. The standard InChI is InChI=1S/C22H22ClN3O3S/c23-20-12-4-5-13-21(20)26-30(28,29)19-11-6-8-17(16-19)22(27)25-15-7-14-24-18-9-2-1-3-10-18/h1-6,8-13,16,24,26H,7,14-15H2,(H,25,27). The number of carbonyl (C=O) groups is 1. The van der Waals surface area contributed by atoms with E-state index in [9.17, 15) is 13.2 Å². The van der Waals surface area contributed by atoms with Crippen molar-refractivity contribution >= 4 is 38.9 Å². The highest BCUT2D eigenvalue weighted by Crippen LogP contribution is 2.24. The van der Waals surface area contributed by atoms with Crippen molar-refractivity contribution < 1.29 is 13.2 Å². The molecule has 0 atom stereocenters. The Morgan fingerprint density at radius 3 is 2.37 bits per heavy atom. The molecule has 3 aromatic carbocycles. The van der Waals surface area contributed by atoms with Crippen molar-refractivity contribution in [1.82, 2.24) is 5.32 Å². The maximum Gasteiger partial charge on any atom is 0.261 e. The number of hydrogen-bond donors (Lipinski definition) is 3. The third-order valence-corrected chi connectivity index (χ3v) is 5.96. The van der Waals surface area contributed by atoms with Crippen molar-refractivity contribution in [2.75, 3.05) is 23.1 Å². The Hall–Kier alpha value is -3.03. The van der Waals surface area contributed by atoms with Gasteiger partial charge in [0.25, 0.3) is 15.9 Å². The van der Waals surface area contributed by atoms with Gasteiger partial charge in [-0.25, -0.2) is 8.42 Å². The number of benzene rings is 3. The maximum absolute atomic E-state index is 12.7. The minimum atomic E-state index is -3.88. The number of para-hydroxylation sites is 2. The minimum absolute atomic E-state index is 0.0131. The normalized spacial score (nSPS) is 11.0. The second kappa shape index (κ2) is 10.1. The summed E-state index contributed by atoms with van der Waals surface area (Å²) in [5.41, 5.74) is 1.57. The van der Waals surface area contributed by atoms with Gasteiger partial charge in [0.05, 0.1) is 15.6 Å². The molecule has 0 spiro atoms. The predicted octanol–water partition coefficient (Wildman–Crippen LogP) is 4.37. The van der Waals surface area contributed by atoms with Gasteiger partial charge in [0, 0.05) is 24.3 Å². The van der Waals surface area contributed by atoms with Crippen LogP contribution in [0, 0.1) is 0 Å². The van der Waals surface area contributed by atoms with E-state index in [1.807, 2.05) is 30.3 Å². The predicted molar refractivity (Wildman–Crippen MR) is 121 cm³/mol. The molecule has 3 N–H and O–H groups in total. The van der Waals surface area contributed by atoms with Gasteiger partial charge in [-0.1, -0.05) is 48.0 Å². The summed E-state index contributed by atoms with van der Waals surface area (Å²) in [5.74, 6) is -0.329.